The van der Waals surface area contributed by atoms with E-state index < -0.39 is 6.10 Å². The van der Waals surface area contributed by atoms with Crippen LogP contribution in [0.4, 0.5) is 17.5 Å². The van der Waals surface area contributed by atoms with Gasteiger partial charge < -0.3 is 15.3 Å². The summed E-state index contributed by atoms with van der Waals surface area (Å²) < 4.78 is 1.76. The SMILES string of the molecule is Cn1nccc1Nc1cc(N2CC[C@H](N3CCc4ccccc4C3)[C@@H](O)C2)ncn1. The molecule has 0 radical (unpaired) electrons. The molecule has 8 nitrogen and oxygen atoms in total. The standard InChI is InChI=1S/C22H27N7O/c1-27-21(6-9-25-27)26-20-12-22(24-15-23-20)29-11-8-18(19(30)14-29)28-10-7-16-4-2-3-5-17(16)13-28/h2-6,9,12,15,18-19,30H,7-8,10-11,13-14H2,1H3,(H,23,24,26)/t18-,19-/m0/s1. The molecule has 156 valence electrons. The van der Waals surface area contributed by atoms with Crippen molar-refractivity contribution in [3.63, 3.8) is 0 Å². The molecule has 1 aromatic carbocycles. The molecule has 2 aromatic heterocycles. The zero-order valence-corrected chi connectivity index (χ0v) is 17.1. The van der Waals surface area contributed by atoms with E-state index in [1.54, 1.807) is 17.2 Å². The smallest absolute Gasteiger partial charge is 0.137 e. The van der Waals surface area contributed by atoms with Crippen molar-refractivity contribution in [1.82, 2.24) is 24.6 Å². The van der Waals surface area contributed by atoms with Gasteiger partial charge in [-0.2, -0.15) is 5.10 Å². The number of aryl methyl sites for hydroxylation is 1. The number of piperidine rings is 1. The third-order valence-electron chi connectivity index (χ3n) is 6.23. The van der Waals surface area contributed by atoms with E-state index in [4.69, 9.17) is 0 Å². The molecule has 1 saturated heterocycles. The van der Waals surface area contributed by atoms with Crippen LogP contribution in [0.1, 0.15) is 17.5 Å². The molecule has 0 unspecified atom stereocenters. The summed E-state index contributed by atoms with van der Waals surface area (Å²) in [6.45, 7) is 3.36. The van der Waals surface area contributed by atoms with E-state index >= 15 is 0 Å². The first-order valence-corrected chi connectivity index (χ1v) is 10.5. The van der Waals surface area contributed by atoms with Gasteiger partial charge >= 0.3 is 0 Å². The Bertz CT molecular complexity index is 1020. The Morgan fingerprint density at radius 2 is 1.97 bits per heavy atom. The number of nitrogens with one attached hydrogen (secondary N) is 1. The minimum absolute atomic E-state index is 0.184. The first-order chi connectivity index (χ1) is 14.7. The van der Waals surface area contributed by atoms with E-state index in [-0.39, 0.29) is 6.04 Å². The molecular weight excluding hydrogens is 378 g/mol. The van der Waals surface area contributed by atoms with Crippen LogP contribution in [0.25, 0.3) is 0 Å². The molecule has 5 rings (SSSR count). The fourth-order valence-electron chi connectivity index (χ4n) is 4.57. The molecule has 30 heavy (non-hydrogen) atoms. The number of fused-ring (bicyclic) bond motifs is 1. The molecule has 0 aliphatic carbocycles. The quantitative estimate of drug-likeness (QED) is 0.687. The Hall–Kier alpha value is -2.97. The average molecular weight is 406 g/mol. The molecule has 2 atom stereocenters. The molecule has 1 fully saturated rings. The highest BCUT2D eigenvalue weighted by molar-refractivity contribution is 5.56. The van der Waals surface area contributed by atoms with Crippen LogP contribution in [-0.2, 0) is 20.0 Å². The van der Waals surface area contributed by atoms with Crippen LogP contribution in [-0.4, -0.2) is 61.5 Å². The van der Waals surface area contributed by atoms with Gasteiger partial charge in [0.05, 0.1) is 12.3 Å². The number of aliphatic hydroxyl groups is 1. The summed E-state index contributed by atoms with van der Waals surface area (Å²) in [6.07, 6.45) is 4.86. The van der Waals surface area contributed by atoms with Gasteiger partial charge in [-0.15, -0.1) is 0 Å². The minimum atomic E-state index is -0.410. The molecule has 2 N–H and O–H groups in total. The van der Waals surface area contributed by atoms with Crippen LogP contribution in [0.15, 0.2) is 48.9 Å². The van der Waals surface area contributed by atoms with Gasteiger partial charge in [-0.3, -0.25) is 9.58 Å². The van der Waals surface area contributed by atoms with Crippen molar-refractivity contribution in [2.24, 2.45) is 7.05 Å². The number of benzene rings is 1. The fraction of sp³-hybridized carbons (Fsp3) is 0.409. The van der Waals surface area contributed by atoms with Gasteiger partial charge in [0.2, 0.25) is 0 Å². The number of aliphatic hydroxyl groups excluding tert-OH is 1. The lowest BCUT2D eigenvalue weighted by Crippen LogP contribution is -2.55. The second-order valence-electron chi connectivity index (χ2n) is 8.09. The van der Waals surface area contributed by atoms with E-state index in [0.29, 0.717) is 12.4 Å². The van der Waals surface area contributed by atoms with E-state index in [9.17, 15) is 5.11 Å². The Kier molecular flexibility index (Phi) is 5.10. The van der Waals surface area contributed by atoms with Crippen LogP contribution in [0.2, 0.25) is 0 Å². The van der Waals surface area contributed by atoms with Gasteiger partial charge in [0.25, 0.3) is 0 Å². The third kappa shape index (κ3) is 3.76. The average Bonchev–Trinajstić information content (AvgIpc) is 3.18. The number of aromatic nitrogens is 4. The van der Waals surface area contributed by atoms with Gasteiger partial charge in [-0.05, 0) is 24.0 Å². The number of rotatable bonds is 4. The van der Waals surface area contributed by atoms with Crippen LogP contribution in [0.3, 0.4) is 0 Å². The fourth-order valence-corrected chi connectivity index (χ4v) is 4.57. The molecule has 3 aromatic rings. The van der Waals surface area contributed by atoms with E-state index in [0.717, 1.165) is 44.1 Å². The molecule has 4 heterocycles. The summed E-state index contributed by atoms with van der Waals surface area (Å²) in [5, 5.41) is 18.4. The zero-order valence-electron chi connectivity index (χ0n) is 17.1. The molecule has 2 aliphatic rings. The van der Waals surface area contributed by atoms with E-state index in [1.807, 2.05) is 19.2 Å². The lowest BCUT2D eigenvalue weighted by atomic mass is 9.94. The maximum atomic E-state index is 11.0. The Labute approximate surface area is 176 Å². The topological polar surface area (TPSA) is 82.3 Å². The monoisotopic (exact) mass is 405 g/mol. The Morgan fingerprint density at radius 1 is 1.10 bits per heavy atom. The predicted octanol–water partition coefficient (Wildman–Crippen LogP) is 1.95. The maximum Gasteiger partial charge on any atom is 0.137 e. The van der Waals surface area contributed by atoms with Gasteiger partial charge in [0.15, 0.2) is 0 Å². The largest absolute Gasteiger partial charge is 0.390 e. The highest BCUT2D eigenvalue weighted by Crippen LogP contribution is 2.27. The van der Waals surface area contributed by atoms with E-state index in [2.05, 4.69) is 54.4 Å². The molecule has 0 saturated carbocycles. The van der Waals surface area contributed by atoms with Gasteiger partial charge in [0, 0.05) is 51.4 Å². The number of hydrogen-bond donors (Lipinski definition) is 2. The summed E-state index contributed by atoms with van der Waals surface area (Å²) in [5.74, 6) is 2.41. The highest BCUT2D eigenvalue weighted by atomic mass is 16.3. The minimum Gasteiger partial charge on any atom is -0.390 e. The second-order valence-corrected chi connectivity index (χ2v) is 8.09. The summed E-state index contributed by atoms with van der Waals surface area (Å²) in [5.41, 5.74) is 2.83. The normalized spacial score (nSPS) is 22.0. The lowest BCUT2D eigenvalue weighted by molar-refractivity contribution is 0.0293. The molecule has 0 bridgehead atoms. The van der Waals surface area contributed by atoms with Gasteiger partial charge in [0.1, 0.15) is 23.8 Å². The van der Waals surface area contributed by atoms with Crippen molar-refractivity contribution in [2.75, 3.05) is 29.9 Å². The number of nitrogens with zero attached hydrogens (tertiary/aromatic N) is 6. The second kappa shape index (κ2) is 8.04. The number of β-amino-alcohol motifs (C(OH)–C–C–N with tert-alkyl or cyclic N) is 1. The van der Waals surface area contributed by atoms with Crippen LogP contribution in [0.5, 0.6) is 0 Å². The van der Waals surface area contributed by atoms with E-state index in [1.165, 1.54) is 11.1 Å². The molecule has 0 amide bonds. The molecular formula is C22H27N7O. The summed E-state index contributed by atoms with van der Waals surface area (Å²) in [6, 6.07) is 12.7. The van der Waals surface area contributed by atoms with Crippen molar-refractivity contribution < 1.29 is 5.11 Å². The predicted molar refractivity (Wildman–Crippen MR) is 116 cm³/mol. The first kappa shape index (κ1) is 19.0. The highest BCUT2D eigenvalue weighted by Gasteiger charge is 2.34. The summed E-state index contributed by atoms with van der Waals surface area (Å²) in [4.78, 5) is 13.4. The van der Waals surface area contributed by atoms with Crippen LogP contribution >= 0.6 is 0 Å². The molecule has 0 spiro atoms. The maximum absolute atomic E-state index is 11.0. The van der Waals surface area contributed by atoms with Crippen LogP contribution in [0, 0.1) is 0 Å². The van der Waals surface area contributed by atoms with Gasteiger partial charge in [-0.1, -0.05) is 24.3 Å². The van der Waals surface area contributed by atoms with Crippen molar-refractivity contribution in [1.29, 1.82) is 0 Å². The van der Waals surface area contributed by atoms with Gasteiger partial charge in [-0.25, -0.2) is 9.97 Å². The lowest BCUT2D eigenvalue weighted by Gasteiger charge is -2.43. The Morgan fingerprint density at radius 3 is 2.77 bits per heavy atom. The van der Waals surface area contributed by atoms with Crippen molar-refractivity contribution >= 4 is 17.5 Å². The number of anilines is 3. The summed E-state index contributed by atoms with van der Waals surface area (Å²) in [7, 11) is 1.88. The van der Waals surface area contributed by atoms with Crippen molar-refractivity contribution in [2.45, 2.75) is 31.5 Å². The van der Waals surface area contributed by atoms with Crippen molar-refractivity contribution in [3.05, 3.63) is 60.0 Å². The summed E-state index contributed by atoms with van der Waals surface area (Å²) >= 11 is 0. The van der Waals surface area contributed by atoms with Crippen LogP contribution < -0.4 is 10.2 Å². The zero-order chi connectivity index (χ0) is 20.5. The Balaban J connectivity index is 1.25. The third-order valence-corrected chi connectivity index (χ3v) is 6.23. The first-order valence-electron chi connectivity index (χ1n) is 10.5. The number of hydrogen-bond acceptors (Lipinski definition) is 7. The van der Waals surface area contributed by atoms with Crippen molar-refractivity contribution in [3.8, 4) is 0 Å². The molecule has 8 heteroatoms. The molecule has 2 aliphatic heterocycles.